The van der Waals surface area contributed by atoms with Crippen molar-refractivity contribution in [2.24, 2.45) is 0 Å². The molecule has 5 nitrogen and oxygen atoms in total. The van der Waals surface area contributed by atoms with Gasteiger partial charge in [0.2, 0.25) is 11.8 Å². The van der Waals surface area contributed by atoms with Gasteiger partial charge in [-0.3, -0.25) is 14.9 Å². The Morgan fingerprint density at radius 1 is 1.03 bits per heavy atom. The molecule has 3 rings (SSSR count). The number of amides is 2. The lowest BCUT2D eigenvalue weighted by Crippen LogP contribution is -2.16. The van der Waals surface area contributed by atoms with E-state index in [-0.39, 0.29) is 18.2 Å². The zero-order valence-electron chi connectivity index (χ0n) is 16.4. The number of nitrogens with zero attached hydrogens (tertiary/aromatic N) is 1. The molecule has 2 amide bonds. The Balaban J connectivity index is 1.55. The molecule has 2 N–H and O–H groups in total. The normalized spacial score (nSPS) is 11.0. The Labute approximate surface area is 174 Å². The zero-order chi connectivity index (χ0) is 20.6. The van der Waals surface area contributed by atoms with Crippen molar-refractivity contribution in [3.63, 3.8) is 0 Å². The van der Waals surface area contributed by atoms with Gasteiger partial charge in [0.1, 0.15) is 0 Å². The number of thiazole rings is 1. The van der Waals surface area contributed by atoms with E-state index in [1.54, 1.807) is 11.5 Å². The second-order valence-electron chi connectivity index (χ2n) is 6.84. The molecule has 0 unspecified atom stereocenters. The zero-order valence-corrected chi connectivity index (χ0v) is 17.2. The number of para-hydroxylation sites is 1. The Morgan fingerprint density at radius 3 is 2.52 bits per heavy atom. The average Bonchev–Trinajstić information content (AvgIpc) is 3.14. The molecule has 2 aromatic carbocycles. The molecule has 29 heavy (non-hydrogen) atoms. The topological polar surface area (TPSA) is 71.1 Å². The highest BCUT2D eigenvalue weighted by molar-refractivity contribution is 7.14. The summed E-state index contributed by atoms with van der Waals surface area (Å²) in [6, 6.07) is 17.4. The maximum Gasteiger partial charge on any atom is 0.250 e. The van der Waals surface area contributed by atoms with Gasteiger partial charge in [0.15, 0.2) is 5.13 Å². The molecular weight excluding hydrogens is 382 g/mol. The summed E-state index contributed by atoms with van der Waals surface area (Å²) in [5.74, 6) is -0.0770. The van der Waals surface area contributed by atoms with Crippen molar-refractivity contribution < 1.29 is 9.59 Å². The molecule has 0 radical (unpaired) electrons. The van der Waals surface area contributed by atoms with Crippen molar-refractivity contribution in [3.05, 3.63) is 82.9 Å². The fourth-order valence-electron chi connectivity index (χ4n) is 2.80. The Bertz CT molecular complexity index is 1010. The van der Waals surface area contributed by atoms with Crippen LogP contribution < -0.4 is 10.6 Å². The van der Waals surface area contributed by atoms with Crippen LogP contribution in [0.4, 0.5) is 10.8 Å². The molecule has 6 heteroatoms. The number of aromatic nitrogens is 1. The van der Waals surface area contributed by atoms with Crippen molar-refractivity contribution in [3.8, 4) is 0 Å². The highest BCUT2D eigenvalue weighted by atomic mass is 32.1. The molecule has 0 saturated carbocycles. The van der Waals surface area contributed by atoms with Crippen molar-refractivity contribution in [1.82, 2.24) is 4.98 Å². The minimum Gasteiger partial charge on any atom is -0.325 e. The molecule has 0 aliphatic heterocycles. The quantitative estimate of drug-likeness (QED) is 0.537. The first-order valence-corrected chi connectivity index (χ1v) is 10.3. The maximum absolute atomic E-state index is 12.4. The number of hydrogen-bond donors (Lipinski definition) is 2. The van der Waals surface area contributed by atoms with E-state index in [4.69, 9.17) is 0 Å². The van der Waals surface area contributed by atoms with Gasteiger partial charge in [0.05, 0.1) is 12.1 Å². The summed E-state index contributed by atoms with van der Waals surface area (Å²) in [5.41, 5.74) is 3.48. The SMILES string of the molecule is CC(C)c1ccccc1NC(=O)Cc1csc(NC(=O)C=Cc2ccccc2)n1. The lowest BCUT2D eigenvalue weighted by atomic mass is 10.0. The highest BCUT2D eigenvalue weighted by Crippen LogP contribution is 2.24. The third-order valence-electron chi connectivity index (χ3n) is 4.21. The van der Waals surface area contributed by atoms with E-state index in [9.17, 15) is 9.59 Å². The number of rotatable bonds is 7. The number of benzene rings is 2. The van der Waals surface area contributed by atoms with Gasteiger partial charge in [-0.1, -0.05) is 62.4 Å². The van der Waals surface area contributed by atoms with Crippen molar-refractivity contribution >= 4 is 40.0 Å². The first-order valence-electron chi connectivity index (χ1n) is 9.38. The summed E-state index contributed by atoms with van der Waals surface area (Å²) in [6.45, 7) is 4.18. The van der Waals surface area contributed by atoms with Crippen LogP contribution >= 0.6 is 11.3 Å². The van der Waals surface area contributed by atoms with Crippen LogP contribution in [-0.2, 0) is 16.0 Å². The lowest BCUT2D eigenvalue weighted by molar-refractivity contribution is -0.115. The van der Waals surface area contributed by atoms with E-state index in [2.05, 4.69) is 29.5 Å². The summed E-state index contributed by atoms with van der Waals surface area (Å²) in [5, 5.41) is 7.94. The molecule has 0 aliphatic rings. The molecular formula is C23H23N3O2S. The fourth-order valence-corrected chi connectivity index (χ4v) is 3.52. The van der Waals surface area contributed by atoms with Crippen LogP contribution in [0.3, 0.4) is 0 Å². The van der Waals surface area contributed by atoms with Crippen LogP contribution in [0, 0.1) is 0 Å². The van der Waals surface area contributed by atoms with Gasteiger partial charge in [0, 0.05) is 17.1 Å². The fraction of sp³-hybridized carbons (Fsp3) is 0.174. The Kier molecular flexibility index (Phi) is 6.92. The van der Waals surface area contributed by atoms with Gasteiger partial charge in [0.25, 0.3) is 0 Å². The minimum atomic E-state index is -0.259. The summed E-state index contributed by atoms with van der Waals surface area (Å²) >= 11 is 1.30. The van der Waals surface area contributed by atoms with Crippen molar-refractivity contribution in [2.75, 3.05) is 10.6 Å². The van der Waals surface area contributed by atoms with E-state index >= 15 is 0 Å². The van der Waals surface area contributed by atoms with E-state index in [1.165, 1.54) is 17.4 Å². The third-order valence-corrected chi connectivity index (χ3v) is 5.01. The van der Waals surface area contributed by atoms with Crippen molar-refractivity contribution in [2.45, 2.75) is 26.2 Å². The maximum atomic E-state index is 12.4. The minimum absolute atomic E-state index is 0.134. The molecule has 3 aromatic rings. The first-order chi connectivity index (χ1) is 14.0. The van der Waals surface area contributed by atoms with Crippen LogP contribution in [0.25, 0.3) is 6.08 Å². The van der Waals surface area contributed by atoms with Gasteiger partial charge in [-0.25, -0.2) is 4.98 Å². The highest BCUT2D eigenvalue weighted by Gasteiger charge is 2.12. The smallest absolute Gasteiger partial charge is 0.250 e. The molecule has 0 aliphatic carbocycles. The number of hydrogen-bond acceptors (Lipinski definition) is 4. The molecule has 0 atom stereocenters. The van der Waals surface area contributed by atoms with Gasteiger partial charge in [-0.2, -0.15) is 0 Å². The number of anilines is 2. The summed E-state index contributed by atoms with van der Waals surface area (Å²) in [6.07, 6.45) is 3.36. The van der Waals surface area contributed by atoms with E-state index in [0.29, 0.717) is 16.7 Å². The monoisotopic (exact) mass is 405 g/mol. The van der Waals surface area contributed by atoms with Gasteiger partial charge in [-0.15, -0.1) is 11.3 Å². The predicted octanol–water partition coefficient (Wildman–Crippen LogP) is 5.10. The second kappa shape index (κ2) is 9.80. The van der Waals surface area contributed by atoms with Crippen LogP contribution in [0.5, 0.6) is 0 Å². The van der Waals surface area contributed by atoms with E-state index in [0.717, 1.165) is 16.8 Å². The van der Waals surface area contributed by atoms with Crippen LogP contribution in [-0.4, -0.2) is 16.8 Å². The number of nitrogens with one attached hydrogen (secondary N) is 2. The molecule has 1 heterocycles. The molecule has 0 bridgehead atoms. The van der Waals surface area contributed by atoms with E-state index in [1.807, 2.05) is 54.6 Å². The average molecular weight is 406 g/mol. The Morgan fingerprint density at radius 2 is 1.76 bits per heavy atom. The largest absolute Gasteiger partial charge is 0.325 e. The molecule has 0 saturated heterocycles. The number of carbonyl (C=O) groups excluding carboxylic acids is 2. The third kappa shape index (κ3) is 6.12. The van der Waals surface area contributed by atoms with E-state index < -0.39 is 0 Å². The predicted molar refractivity (Wildman–Crippen MR) is 119 cm³/mol. The lowest BCUT2D eigenvalue weighted by Gasteiger charge is -2.13. The summed E-state index contributed by atoms with van der Waals surface area (Å²) in [7, 11) is 0. The van der Waals surface area contributed by atoms with Crippen LogP contribution in [0.2, 0.25) is 0 Å². The standard InChI is InChI=1S/C23H23N3O2S/c1-16(2)19-10-6-7-11-20(19)25-22(28)14-18-15-29-23(24-18)26-21(27)13-12-17-8-4-3-5-9-17/h3-13,15-16H,14H2,1-2H3,(H,25,28)(H,24,26,27). The molecule has 0 spiro atoms. The van der Waals surface area contributed by atoms with Crippen LogP contribution in [0.1, 0.15) is 36.6 Å². The second-order valence-corrected chi connectivity index (χ2v) is 7.70. The van der Waals surface area contributed by atoms with Gasteiger partial charge >= 0.3 is 0 Å². The number of carbonyl (C=O) groups is 2. The summed E-state index contributed by atoms with van der Waals surface area (Å²) in [4.78, 5) is 28.8. The van der Waals surface area contributed by atoms with Gasteiger partial charge in [-0.05, 0) is 29.2 Å². The summed E-state index contributed by atoms with van der Waals surface area (Å²) < 4.78 is 0. The molecule has 148 valence electrons. The molecule has 0 fully saturated rings. The molecule has 1 aromatic heterocycles. The van der Waals surface area contributed by atoms with Crippen LogP contribution in [0.15, 0.2) is 66.1 Å². The van der Waals surface area contributed by atoms with Crippen molar-refractivity contribution in [1.29, 1.82) is 0 Å². The first kappa shape index (κ1) is 20.5. The Hall–Kier alpha value is -3.25. The van der Waals surface area contributed by atoms with Gasteiger partial charge < -0.3 is 5.32 Å².